The van der Waals surface area contributed by atoms with E-state index in [9.17, 15) is 9.59 Å². The zero-order chi connectivity index (χ0) is 16.9. The Morgan fingerprint density at radius 1 is 1.27 bits per heavy atom. The van der Waals surface area contributed by atoms with Gasteiger partial charge in [-0.2, -0.15) is 0 Å². The Morgan fingerprint density at radius 2 is 1.91 bits per heavy atom. The lowest BCUT2D eigenvalue weighted by molar-refractivity contribution is -0.116. The monoisotopic (exact) mass is 346 g/mol. The average Bonchev–Trinajstić information content (AvgIpc) is 2.36. The molecule has 5 nitrogen and oxygen atoms in total. The van der Waals surface area contributed by atoms with Gasteiger partial charge in [0.2, 0.25) is 5.91 Å². The summed E-state index contributed by atoms with van der Waals surface area (Å²) < 4.78 is 5.13. The molecule has 0 unspecified atom stereocenters. The zero-order valence-corrected chi connectivity index (χ0v) is 14.6. The lowest BCUT2D eigenvalue weighted by Gasteiger charge is -2.24. The number of hydrogen-bond donors (Lipinski definition) is 1. The Kier molecular flexibility index (Phi) is 6.50. The molecule has 0 aliphatic heterocycles. The van der Waals surface area contributed by atoms with Gasteiger partial charge in [-0.3, -0.25) is 4.79 Å². The van der Waals surface area contributed by atoms with Gasteiger partial charge in [0.1, 0.15) is 5.60 Å². The van der Waals surface area contributed by atoms with E-state index in [0.29, 0.717) is 15.7 Å². The van der Waals surface area contributed by atoms with Gasteiger partial charge in [0.15, 0.2) is 0 Å². The maximum Gasteiger partial charge on any atom is 0.407 e. The molecule has 0 aliphatic rings. The molecular weight excluding hydrogens is 327 g/mol. The van der Waals surface area contributed by atoms with E-state index in [1.54, 1.807) is 39.0 Å². The molecule has 0 fully saturated rings. The number of ether oxygens (including phenoxy) is 1. The van der Waals surface area contributed by atoms with Gasteiger partial charge in [0, 0.05) is 20.0 Å². The first kappa shape index (κ1) is 18.6. The molecule has 0 aromatic heterocycles. The largest absolute Gasteiger partial charge is 0.444 e. The number of halogens is 2. The molecule has 2 amide bonds. The van der Waals surface area contributed by atoms with Crippen LogP contribution in [0.1, 0.15) is 27.7 Å². The Bertz CT molecular complexity index is 556. The summed E-state index contributed by atoms with van der Waals surface area (Å²) in [5.41, 5.74) is -0.0618. The van der Waals surface area contributed by atoms with Crippen LogP contribution in [0.2, 0.25) is 10.0 Å². The lowest BCUT2D eigenvalue weighted by Crippen LogP contribution is -2.39. The molecule has 0 atom stereocenters. The van der Waals surface area contributed by atoms with Crippen LogP contribution in [0.25, 0.3) is 0 Å². The van der Waals surface area contributed by atoms with Gasteiger partial charge in [-0.1, -0.05) is 29.3 Å². The smallest absolute Gasteiger partial charge is 0.407 e. The van der Waals surface area contributed by atoms with Gasteiger partial charge in [0.25, 0.3) is 0 Å². The maximum absolute atomic E-state index is 11.8. The van der Waals surface area contributed by atoms with Gasteiger partial charge in [-0.05, 0) is 32.9 Å². The van der Waals surface area contributed by atoms with Crippen LogP contribution in [0.15, 0.2) is 18.2 Å². The SMILES string of the molecule is CC(=O)N(CCNC(=O)OC(C)(C)C)c1cccc(Cl)c1Cl. The number of carbonyl (C=O) groups is 2. The summed E-state index contributed by atoms with van der Waals surface area (Å²) >= 11 is 12.1. The van der Waals surface area contributed by atoms with Crippen molar-refractivity contribution in [1.82, 2.24) is 5.32 Å². The third-order valence-corrected chi connectivity index (χ3v) is 3.41. The van der Waals surface area contributed by atoms with Crippen LogP contribution < -0.4 is 10.2 Å². The molecule has 0 saturated carbocycles. The normalized spacial score (nSPS) is 11.0. The average molecular weight is 347 g/mol. The van der Waals surface area contributed by atoms with Gasteiger partial charge in [0.05, 0.1) is 15.7 Å². The molecule has 0 bridgehead atoms. The van der Waals surface area contributed by atoms with Crippen molar-refractivity contribution in [2.45, 2.75) is 33.3 Å². The molecule has 0 spiro atoms. The third-order valence-electron chi connectivity index (χ3n) is 2.61. The maximum atomic E-state index is 11.8. The van der Waals surface area contributed by atoms with Crippen LogP contribution in [0, 0.1) is 0 Å². The number of amides is 2. The Hall–Kier alpha value is -1.46. The number of alkyl carbamates (subject to hydrolysis) is 1. The Balaban J connectivity index is 2.69. The number of carbonyl (C=O) groups excluding carboxylic acids is 2. The van der Waals surface area contributed by atoms with Crippen LogP contribution in [0.3, 0.4) is 0 Å². The van der Waals surface area contributed by atoms with Crippen molar-refractivity contribution in [1.29, 1.82) is 0 Å². The molecular formula is C15H20Cl2N2O3. The number of nitrogens with zero attached hydrogens (tertiary/aromatic N) is 1. The minimum atomic E-state index is -0.569. The number of hydrogen-bond acceptors (Lipinski definition) is 3. The van der Waals surface area contributed by atoms with E-state index in [0.717, 1.165) is 0 Å². The third kappa shape index (κ3) is 5.73. The van der Waals surface area contributed by atoms with E-state index in [2.05, 4.69) is 5.32 Å². The van der Waals surface area contributed by atoms with Gasteiger partial charge < -0.3 is 15.0 Å². The topological polar surface area (TPSA) is 58.6 Å². The minimum Gasteiger partial charge on any atom is -0.444 e. The fourth-order valence-corrected chi connectivity index (χ4v) is 2.13. The standard InChI is InChI=1S/C15H20Cl2N2O3/c1-10(20)19(12-7-5-6-11(16)13(12)17)9-8-18-14(21)22-15(2,3)4/h5-7H,8-9H2,1-4H3,(H,18,21). The molecule has 0 radical (unpaired) electrons. The molecule has 22 heavy (non-hydrogen) atoms. The second-order valence-corrected chi connectivity index (χ2v) is 6.46. The second kappa shape index (κ2) is 7.70. The second-order valence-electron chi connectivity index (χ2n) is 5.67. The predicted molar refractivity (Wildman–Crippen MR) is 88.7 cm³/mol. The lowest BCUT2D eigenvalue weighted by atomic mass is 10.2. The van der Waals surface area contributed by atoms with Crippen LogP contribution in [-0.4, -0.2) is 30.7 Å². The van der Waals surface area contributed by atoms with E-state index in [1.807, 2.05) is 0 Å². The zero-order valence-electron chi connectivity index (χ0n) is 13.1. The van der Waals surface area contributed by atoms with Crippen LogP contribution >= 0.6 is 23.2 Å². The fraction of sp³-hybridized carbons (Fsp3) is 0.467. The summed E-state index contributed by atoms with van der Waals surface area (Å²) in [5, 5.41) is 3.27. The highest BCUT2D eigenvalue weighted by Gasteiger charge is 2.18. The summed E-state index contributed by atoms with van der Waals surface area (Å²) in [4.78, 5) is 24.8. The summed E-state index contributed by atoms with van der Waals surface area (Å²) in [7, 11) is 0. The minimum absolute atomic E-state index is 0.199. The first-order valence-corrected chi connectivity index (χ1v) is 7.56. The Morgan fingerprint density at radius 3 is 2.45 bits per heavy atom. The molecule has 1 rings (SSSR count). The predicted octanol–water partition coefficient (Wildman–Crippen LogP) is 3.87. The number of anilines is 1. The van der Waals surface area contributed by atoms with Gasteiger partial charge >= 0.3 is 6.09 Å². The number of benzene rings is 1. The highest BCUT2D eigenvalue weighted by Crippen LogP contribution is 2.32. The van der Waals surface area contributed by atoms with E-state index in [-0.39, 0.29) is 19.0 Å². The molecule has 7 heteroatoms. The van der Waals surface area contributed by atoms with Gasteiger partial charge in [-0.25, -0.2) is 4.79 Å². The summed E-state index contributed by atoms with van der Waals surface area (Å²) in [6, 6.07) is 5.05. The first-order chi connectivity index (χ1) is 10.1. The van der Waals surface area contributed by atoms with Crippen LogP contribution in [0.5, 0.6) is 0 Å². The number of rotatable bonds is 4. The van der Waals surface area contributed by atoms with Crippen LogP contribution in [0.4, 0.5) is 10.5 Å². The van der Waals surface area contributed by atoms with Crippen molar-refractivity contribution >= 4 is 40.9 Å². The van der Waals surface area contributed by atoms with Crippen molar-refractivity contribution in [3.05, 3.63) is 28.2 Å². The Labute approximate surface area is 140 Å². The quantitative estimate of drug-likeness (QED) is 0.899. The van der Waals surface area contributed by atoms with Crippen molar-refractivity contribution < 1.29 is 14.3 Å². The summed E-state index contributed by atoms with van der Waals surface area (Å²) in [5.74, 6) is -0.199. The summed E-state index contributed by atoms with van der Waals surface area (Å²) in [6.45, 7) is 7.25. The highest BCUT2D eigenvalue weighted by atomic mass is 35.5. The van der Waals surface area contributed by atoms with E-state index in [1.165, 1.54) is 11.8 Å². The van der Waals surface area contributed by atoms with Gasteiger partial charge in [-0.15, -0.1) is 0 Å². The molecule has 1 aromatic rings. The molecule has 0 saturated heterocycles. The van der Waals surface area contributed by atoms with Crippen molar-refractivity contribution in [3.63, 3.8) is 0 Å². The highest BCUT2D eigenvalue weighted by molar-refractivity contribution is 6.44. The molecule has 0 aliphatic carbocycles. The first-order valence-electron chi connectivity index (χ1n) is 6.81. The van der Waals surface area contributed by atoms with E-state index >= 15 is 0 Å². The summed E-state index contributed by atoms with van der Waals surface area (Å²) in [6.07, 6.45) is -0.534. The van der Waals surface area contributed by atoms with Crippen LogP contribution in [-0.2, 0) is 9.53 Å². The number of nitrogens with one attached hydrogen (secondary N) is 1. The molecule has 1 N–H and O–H groups in total. The molecule has 1 aromatic carbocycles. The van der Waals surface area contributed by atoms with Crippen molar-refractivity contribution in [3.8, 4) is 0 Å². The fourth-order valence-electron chi connectivity index (χ4n) is 1.73. The van der Waals surface area contributed by atoms with E-state index < -0.39 is 11.7 Å². The molecule has 122 valence electrons. The van der Waals surface area contributed by atoms with E-state index in [4.69, 9.17) is 27.9 Å². The van der Waals surface area contributed by atoms with Crippen molar-refractivity contribution in [2.75, 3.05) is 18.0 Å². The molecule has 0 heterocycles. The van der Waals surface area contributed by atoms with Crippen molar-refractivity contribution in [2.24, 2.45) is 0 Å².